The predicted octanol–water partition coefficient (Wildman–Crippen LogP) is 10.2. The van der Waals surface area contributed by atoms with Gasteiger partial charge in [-0.25, -0.2) is 29.1 Å². The number of hydrogen-bond donors (Lipinski definition) is 1. The van der Waals surface area contributed by atoms with Crippen molar-refractivity contribution in [2.75, 3.05) is 73.5 Å². The average Bonchev–Trinajstić information content (AvgIpc) is 3.80. The highest BCUT2D eigenvalue weighted by atomic mass is 35.5. The maximum absolute atomic E-state index is 14.4. The summed E-state index contributed by atoms with van der Waals surface area (Å²) in [5.41, 5.74) is 4.61. The van der Waals surface area contributed by atoms with Crippen LogP contribution in [0.15, 0.2) is 97.5 Å². The van der Waals surface area contributed by atoms with E-state index in [2.05, 4.69) is 19.9 Å². The van der Waals surface area contributed by atoms with E-state index in [-0.39, 0.29) is 31.3 Å². The first-order valence-electron chi connectivity index (χ1n) is 24.2. The van der Waals surface area contributed by atoms with Crippen LogP contribution in [0.5, 0.6) is 28.9 Å². The quantitative estimate of drug-likeness (QED) is 0.0807. The van der Waals surface area contributed by atoms with Crippen LogP contribution in [-0.2, 0) is 32.0 Å². The molecule has 3 aromatic heterocycles. The molecule has 15 nitrogen and oxygen atoms in total. The summed E-state index contributed by atoms with van der Waals surface area (Å²) in [7, 11) is 3.25. The van der Waals surface area contributed by atoms with Gasteiger partial charge in [0, 0.05) is 48.9 Å². The molecule has 2 atom stereocenters. The molecule has 0 spiro atoms. The molecule has 10 rings (SSSR count). The Morgan fingerprint density at radius 2 is 1.68 bits per heavy atom. The van der Waals surface area contributed by atoms with Crippen molar-refractivity contribution in [3.8, 4) is 61.8 Å². The number of likely N-dealkylation sites (tertiary alicyclic amines) is 1. The Balaban J connectivity index is 1.04. The van der Waals surface area contributed by atoms with E-state index in [9.17, 15) is 14.3 Å². The standard InChI is InChI=1S/C55H57ClFN5O10S/c1-34-42-13-15-46(50(34)56)71-41(30-62-21-17-35(18-22-62)19-23-67-26-27-68-25-24-65-2)32-69-40-12-14-44(70-31-39-16-20-58-52(61-39)43-6-4-5-7-45(43)66-3)37(28-40)29-47(55(63)64)72-53-49-48(42)51(73-54(49)60-33-59-53)36-8-10-38(57)11-9-36/h4-16,20,28,33,35,41,47H,17-19,21-27,29-32H2,1-3H3,(H,63,64)/t41-,47-/m1/s1. The minimum absolute atomic E-state index is 0.0364. The lowest BCUT2D eigenvalue weighted by molar-refractivity contribution is -0.145. The van der Waals surface area contributed by atoms with Crippen molar-refractivity contribution in [1.82, 2.24) is 24.8 Å². The number of piperidine rings is 1. The largest absolute Gasteiger partial charge is 0.496 e. The molecule has 4 aromatic carbocycles. The van der Waals surface area contributed by atoms with Crippen molar-refractivity contribution >= 4 is 39.1 Å². The van der Waals surface area contributed by atoms with Crippen LogP contribution in [0.2, 0.25) is 5.02 Å². The first kappa shape index (κ1) is 51.4. The zero-order valence-corrected chi connectivity index (χ0v) is 42.5. The number of carboxylic acids is 1. The molecule has 18 heteroatoms. The minimum atomic E-state index is -1.46. The molecule has 0 saturated carbocycles. The Bertz CT molecular complexity index is 2990. The first-order valence-corrected chi connectivity index (χ1v) is 25.4. The topological polar surface area (TPSA) is 166 Å². The molecule has 3 aliphatic rings. The van der Waals surface area contributed by atoms with Gasteiger partial charge >= 0.3 is 5.97 Å². The van der Waals surface area contributed by atoms with E-state index in [0.717, 1.165) is 53.9 Å². The van der Waals surface area contributed by atoms with Crippen LogP contribution in [0.25, 0.3) is 43.2 Å². The number of aliphatic carboxylic acids is 1. The number of carbonyl (C=O) groups is 1. The molecule has 1 N–H and O–H groups in total. The maximum Gasteiger partial charge on any atom is 0.345 e. The molecule has 7 aromatic rings. The number of hydrogen-bond acceptors (Lipinski definition) is 15. The second kappa shape index (κ2) is 24.5. The number of carboxylic acid groups (broad SMARTS) is 1. The van der Waals surface area contributed by atoms with Gasteiger partial charge < -0.3 is 43.0 Å². The highest BCUT2D eigenvalue weighted by molar-refractivity contribution is 7.22. The molecule has 1 fully saturated rings. The second-order valence-corrected chi connectivity index (χ2v) is 19.2. The third-order valence-electron chi connectivity index (χ3n) is 13.0. The third-order valence-corrected chi connectivity index (χ3v) is 14.6. The van der Waals surface area contributed by atoms with Crippen LogP contribution in [0, 0.1) is 18.7 Å². The fraction of sp³-hybridized carbons (Fsp3) is 0.364. The molecule has 0 radical (unpaired) electrons. The number of para-hydroxylation sites is 1. The van der Waals surface area contributed by atoms with Gasteiger partial charge in [0.15, 0.2) is 5.82 Å². The van der Waals surface area contributed by atoms with Gasteiger partial charge in [0.25, 0.3) is 0 Å². The molecular formula is C55H57ClFN5O10S. The Kier molecular flexibility index (Phi) is 17.3. The molecule has 73 heavy (non-hydrogen) atoms. The summed E-state index contributed by atoms with van der Waals surface area (Å²) in [4.78, 5) is 35.5. The SMILES string of the molecule is COCCOCCOCCC1CCN(C[C@@H]2COc3ccc(OCc4ccnc(-c5ccccc5OC)n4)c(c3)C[C@H](C(=O)O)Oc3ncnc4sc(-c5ccc(F)cc5)c(c34)-c3ccc(c(Cl)c3C)O2)CC1. The van der Waals surface area contributed by atoms with Crippen LogP contribution < -0.4 is 23.7 Å². The van der Waals surface area contributed by atoms with Crippen molar-refractivity contribution in [2.45, 2.75) is 51.4 Å². The molecular weight excluding hydrogens is 977 g/mol. The van der Waals surface area contributed by atoms with E-state index in [1.54, 1.807) is 56.8 Å². The van der Waals surface area contributed by atoms with Gasteiger partial charge in [-0.15, -0.1) is 11.3 Å². The summed E-state index contributed by atoms with van der Waals surface area (Å²) in [5.74, 6) is 1.41. The van der Waals surface area contributed by atoms with Gasteiger partial charge in [-0.2, -0.15) is 0 Å². The summed E-state index contributed by atoms with van der Waals surface area (Å²) in [6, 6.07) is 24.5. The fourth-order valence-electron chi connectivity index (χ4n) is 9.08. The maximum atomic E-state index is 14.4. The lowest BCUT2D eigenvalue weighted by Gasteiger charge is -2.34. The summed E-state index contributed by atoms with van der Waals surface area (Å²) in [6.07, 6.45) is 3.93. The van der Waals surface area contributed by atoms with E-state index in [4.69, 9.17) is 54.5 Å². The molecule has 3 aliphatic heterocycles. The third kappa shape index (κ3) is 12.7. The summed E-state index contributed by atoms with van der Waals surface area (Å²) >= 11 is 8.67. The van der Waals surface area contributed by atoms with Gasteiger partial charge in [-0.1, -0.05) is 41.9 Å². The van der Waals surface area contributed by atoms with Crippen molar-refractivity contribution < 1.29 is 52.2 Å². The average molecular weight is 1030 g/mol. The predicted molar refractivity (Wildman–Crippen MR) is 276 cm³/mol. The van der Waals surface area contributed by atoms with Crippen LogP contribution in [0.4, 0.5) is 4.39 Å². The number of rotatable bonds is 18. The smallest absolute Gasteiger partial charge is 0.345 e. The van der Waals surface area contributed by atoms with Crippen molar-refractivity contribution in [3.63, 3.8) is 0 Å². The Morgan fingerprint density at radius 1 is 0.890 bits per heavy atom. The summed E-state index contributed by atoms with van der Waals surface area (Å²) in [6.45, 7) is 7.29. The van der Waals surface area contributed by atoms with E-state index in [1.807, 2.05) is 43.3 Å². The zero-order valence-electron chi connectivity index (χ0n) is 40.9. The Morgan fingerprint density at radius 3 is 2.48 bits per heavy atom. The number of benzene rings is 4. The molecule has 1 saturated heterocycles. The van der Waals surface area contributed by atoms with E-state index in [1.165, 1.54) is 29.8 Å². The number of ether oxygens (including phenoxy) is 8. The number of aromatic nitrogens is 4. The molecule has 4 bridgehead atoms. The van der Waals surface area contributed by atoms with Gasteiger partial charge in [0.05, 0.1) is 55.2 Å². The Hall–Kier alpha value is -6.47. The number of fused-ring (bicyclic) bond motifs is 7. The molecule has 0 aliphatic carbocycles. The summed E-state index contributed by atoms with van der Waals surface area (Å²) in [5, 5.41) is 11.8. The van der Waals surface area contributed by atoms with Gasteiger partial charge in [-0.05, 0) is 116 Å². The number of halogens is 2. The number of nitrogens with zero attached hydrogens (tertiary/aromatic N) is 5. The Labute approximate surface area is 432 Å². The van der Waals surface area contributed by atoms with Crippen molar-refractivity contribution in [2.24, 2.45) is 5.92 Å². The van der Waals surface area contributed by atoms with Crippen LogP contribution in [0.1, 0.15) is 36.1 Å². The van der Waals surface area contributed by atoms with Crippen LogP contribution >= 0.6 is 22.9 Å². The van der Waals surface area contributed by atoms with Gasteiger partial charge in [0.2, 0.25) is 12.0 Å². The van der Waals surface area contributed by atoms with E-state index < -0.39 is 18.2 Å². The molecule has 0 unspecified atom stereocenters. The van der Waals surface area contributed by atoms with Gasteiger partial charge in [-0.3, -0.25) is 4.90 Å². The highest BCUT2D eigenvalue weighted by Crippen LogP contribution is 2.50. The van der Waals surface area contributed by atoms with Crippen molar-refractivity contribution in [1.29, 1.82) is 0 Å². The van der Waals surface area contributed by atoms with Gasteiger partial charge in [0.1, 0.15) is 59.3 Å². The first-order chi connectivity index (χ1) is 35.6. The van der Waals surface area contributed by atoms with Crippen molar-refractivity contribution in [3.05, 3.63) is 125 Å². The molecule has 0 amide bonds. The fourth-order valence-corrected chi connectivity index (χ4v) is 10.4. The van der Waals surface area contributed by atoms with Crippen LogP contribution in [-0.4, -0.2) is 122 Å². The van der Waals surface area contributed by atoms with E-state index in [0.29, 0.717) is 112 Å². The lowest BCUT2D eigenvalue weighted by Crippen LogP contribution is -2.43. The highest BCUT2D eigenvalue weighted by Gasteiger charge is 2.30. The lowest BCUT2D eigenvalue weighted by atomic mass is 9.94. The zero-order chi connectivity index (χ0) is 50.7. The molecule has 6 heterocycles. The second-order valence-electron chi connectivity index (χ2n) is 17.8. The number of methoxy groups -OCH3 is 2. The monoisotopic (exact) mass is 1030 g/mol. The van der Waals surface area contributed by atoms with Crippen LogP contribution in [0.3, 0.4) is 0 Å². The minimum Gasteiger partial charge on any atom is -0.496 e. The normalized spacial score (nSPS) is 16.3. The van der Waals surface area contributed by atoms with E-state index >= 15 is 0 Å². The number of thiophene rings is 1. The molecule has 382 valence electrons. The summed E-state index contributed by atoms with van der Waals surface area (Å²) < 4.78 is 62.7.